The summed E-state index contributed by atoms with van der Waals surface area (Å²) in [5.74, 6) is 1.55. The standard InChI is InChI=1S/C21H23N5O/c1-14-13-17(11-12-22-14)21(27)23-18-9-7-16(8-10-18)20-24-19(25-26-20)15-5-3-2-4-6-15/h2-10,14,17,22H,11-13H2,1H3,(H,23,27)(H,24,25,26)/t14-,17-/m0/s1. The molecule has 6 heteroatoms. The highest BCUT2D eigenvalue weighted by Crippen LogP contribution is 2.23. The lowest BCUT2D eigenvalue weighted by atomic mass is 9.92. The molecule has 0 spiro atoms. The fourth-order valence-corrected chi connectivity index (χ4v) is 3.43. The first-order chi connectivity index (χ1) is 13.2. The van der Waals surface area contributed by atoms with Crippen molar-refractivity contribution in [1.29, 1.82) is 0 Å². The molecule has 1 fully saturated rings. The first-order valence-electron chi connectivity index (χ1n) is 9.31. The summed E-state index contributed by atoms with van der Waals surface area (Å²) in [6.07, 6.45) is 1.76. The van der Waals surface area contributed by atoms with Crippen molar-refractivity contribution in [2.24, 2.45) is 5.92 Å². The molecule has 3 aromatic rings. The Hall–Kier alpha value is -2.99. The zero-order chi connectivity index (χ0) is 18.6. The van der Waals surface area contributed by atoms with Crippen LogP contribution >= 0.6 is 0 Å². The molecule has 1 saturated heterocycles. The van der Waals surface area contributed by atoms with E-state index in [1.165, 1.54) is 0 Å². The summed E-state index contributed by atoms with van der Waals surface area (Å²) in [4.78, 5) is 17.0. The van der Waals surface area contributed by atoms with Gasteiger partial charge in [0.2, 0.25) is 5.91 Å². The van der Waals surface area contributed by atoms with Crippen LogP contribution in [0.5, 0.6) is 0 Å². The maximum absolute atomic E-state index is 12.5. The van der Waals surface area contributed by atoms with Crippen LogP contribution in [0, 0.1) is 5.92 Å². The number of benzene rings is 2. The van der Waals surface area contributed by atoms with E-state index < -0.39 is 0 Å². The molecule has 0 bridgehead atoms. The number of nitrogens with zero attached hydrogens (tertiary/aromatic N) is 2. The highest BCUT2D eigenvalue weighted by Gasteiger charge is 2.24. The lowest BCUT2D eigenvalue weighted by Gasteiger charge is -2.27. The molecule has 0 saturated carbocycles. The average Bonchev–Trinajstić information content (AvgIpc) is 3.19. The van der Waals surface area contributed by atoms with Gasteiger partial charge in [-0.25, -0.2) is 4.98 Å². The smallest absolute Gasteiger partial charge is 0.227 e. The lowest BCUT2D eigenvalue weighted by molar-refractivity contribution is -0.120. The summed E-state index contributed by atoms with van der Waals surface area (Å²) in [6, 6.07) is 17.9. The van der Waals surface area contributed by atoms with E-state index in [-0.39, 0.29) is 11.8 Å². The lowest BCUT2D eigenvalue weighted by Crippen LogP contribution is -2.40. The monoisotopic (exact) mass is 361 g/mol. The van der Waals surface area contributed by atoms with Gasteiger partial charge in [-0.15, -0.1) is 0 Å². The zero-order valence-electron chi connectivity index (χ0n) is 15.3. The average molecular weight is 361 g/mol. The minimum absolute atomic E-state index is 0.0728. The number of amides is 1. The van der Waals surface area contributed by atoms with Gasteiger partial charge in [0, 0.05) is 28.8 Å². The van der Waals surface area contributed by atoms with Crippen LogP contribution in [0.4, 0.5) is 5.69 Å². The number of hydrogen-bond acceptors (Lipinski definition) is 4. The third kappa shape index (κ3) is 4.06. The second-order valence-electron chi connectivity index (χ2n) is 7.02. The van der Waals surface area contributed by atoms with E-state index in [0.29, 0.717) is 17.7 Å². The van der Waals surface area contributed by atoms with E-state index in [9.17, 15) is 4.79 Å². The Balaban J connectivity index is 1.43. The number of hydrogen-bond donors (Lipinski definition) is 3. The number of carbonyl (C=O) groups excluding carboxylic acids is 1. The van der Waals surface area contributed by atoms with Crippen LogP contribution in [-0.4, -0.2) is 33.7 Å². The predicted molar refractivity (Wildman–Crippen MR) is 106 cm³/mol. The summed E-state index contributed by atoms with van der Waals surface area (Å²) in [6.45, 7) is 3.02. The van der Waals surface area contributed by atoms with Crippen molar-refractivity contribution in [2.75, 3.05) is 11.9 Å². The van der Waals surface area contributed by atoms with Gasteiger partial charge in [-0.1, -0.05) is 30.3 Å². The van der Waals surface area contributed by atoms with Crippen molar-refractivity contribution in [3.8, 4) is 22.8 Å². The Morgan fingerprint density at radius 3 is 2.59 bits per heavy atom. The molecule has 0 radical (unpaired) electrons. The highest BCUT2D eigenvalue weighted by atomic mass is 16.1. The molecule has 0 aliphatic carbocycles. The van der Waals surface area contributed by atoms with Gasteiger partial charge >= 0.3 is 0 Å². The van der Waals surface area contributed by atoms with Crippen molar-refractivity contribution >= 4 is 11.6 Å². The van der Waals surface area contributed by atoms with E-state index >= 15 is 0 Å². The molecule has 1 aliphatic rings. The first kappa shape index (κ1) is 17.4. The molecule has 6 nitrogen and oxygen atoms in total. The third-order valence-electron chi connectivity index (χ3n) is 4.94. The topological polar surface area (TPSA) is 82.7 Å². The summed E-state index contributed by atoms with van der Waals surface area (Å²) in [7, 11) is 0. The fourth-order valence-electron chi connectivity index (χ4n) is 3.43. The molecule has 0 unspecified atom stereocenters. The molecule has 2 aromatic carbocycles. The molecule has 2 heterocycles. The van der Waals surface area contributed by atoms with Gasteiger partial charge in [-0.3, -0.25) is 9.89 Å². The SMILES string of the molecule is C[C@H]1C[C@@H](C(=O)Nc2ccc(-c3nc(-c4ccccc4)n[nH]3)cc2)CCN1. The van der Waals surface area contributed by atoms with E-state index in [1.54, 1.807) is 0 Å². The summed E-state index contributed by atoms with van der Waals surface area (Å²) >= 11 is 0. The molecule has 2 atom stereocenters. The van der Waals surface area contributed by atoms with Gasteiger partial charge in [0.05, 0.1) is 0 Å². The number of aromatic nitrogens is 3. The summed E-state index contributed by atoms with van der Waals surface area (Å²) < 4.78 is 0. The molecule has 1 aromatic heterocycles. The van der Waals surface area contributed by atoms with Crippen LogP contribution in [0.3, 0.4) is 0 Å². The maximum Gasteiger partial charge on any atom is 0.227 e. The number of nitrogens with one attached hydrogen (secondary N) is 3. The Labute approximate surface area is 158 Å². The van der Waals surface area contributed by atoms with Crippen molar-refractivity contribution in [1.82, 2.24) is 20.5 Å². The van der Waals surface area contributed by atoms with E-state index in [0.717, 1.165) is 36.2 Å². The molecule has 1 amide bonds. The number of carbonyl (C=O) groups is 1. The molecular weight excluding hydrogens is 338 g/mol. The predicted octanol–water partition coefficient (Wildman–Crippen LogP) is 3.47. The number of aromatic amines is 1. The largest absolute Gasteiger partial charge is 0.326 e. The van der Waals surface area contributed by atoms with Crippen LogP contribution in [0.2, 0.25) is 0 Å². The minimum atomic E-state index is 0.0728. The maximum atomic E-state index is 12.5. The van der Waals surface area contributed by atoms with Crippen LogP contribution in [0.25, 0.3) is 22.8 Å². The highest BCUT2D eigenvalue weighted by molar-refractivity contribution is 5.92. The minimum Gasteiger partial charge on any atom is -0.326 e. The van der Waals surface area contributed by atoms with Gasteiger partial charge in [0.15, 0.2) is 11.6 Å². The van der Waals surface area contributed by atoms with Gasteiger partial charge in [-0.05, 0) is 50.6 Å². The number of piperidine rings is 1. The molecule has 4 rings (SSSR count). The van der Waals surface area contributed by atoms with Crippen molar-refractivity contribution in [3.63, 3.8) is 0 Å². The Morgan fingerprint density at radius 1 is 1.07 bits per heavy atom. The fraction of sp³-hybridized carbons (Fsp3) is 0.286. The van der Waals surface area contributed by atoms with Crippen LogP contribution in [0.15, 0.2) is 54.6 Å². The number of rotatable bonds is 4. The van der Waals surface area contributed by atoms with E-state index in [2.05, 4.69) is 32.7 Å². The molecule has 3 N–H and O–H groups in total. The van der Waals surface area contributed by atoms with E-state index in [4.69, 9.17) is 0 Å². The molecule has 1 aliphatic heterocycles. The number of anilines is 1. The zero-order valence-corrected chi connectivity index (χ0v) is 15.3. The van der Waals surface area contributed by atoms with Gasteiger partial charge in [0.1, 0.15) is 0 Å². The normalized spacial score (nSPS) is 19.6. The summed E-state index contributed by atoms with van der Waals surface area (Å²) in [5, 5.41) is 13.7. The third-order valence-corrected chi connectivity index (χ3v) is 4.94. The van der Waals surface area contributed by atoms with Crippen LogP contribution in [-0.2, 0) is 4.79 Å². The van der Waals surface area contributed by atoms with Gasteiger partial charge in [0.25, 0.3) is 0 Å². The van der Waals surface area contributed by atoms with Crippen molar-refractivity contribution in [2.45, 2.75) is 25.8 Å². The second-order valence-corrected chi connectivity index (χ2v) is 7.02. The van der Waals surface area contributed by atoms with Gasteiger partial charge < -0.3 is 10.6 Å². The summed E-state index contributed by atoms with van der Waals surface area (Å²) in [5.41, 5.74) is 2.70. The van der Waals surface area contributed by atoms with E-state index in [1.807, 2.05) is 54.6 Å². The van der Waals surface area contributed by atoms with Crippen molar-refractivity contribution < 1.29 is 4.79 Å². The Kier molecular flexibility index (Phi) is 4.98. The van der Waals surface area contributed by atoms with Crippen LogP contribution < -0.4 is 10.6 Å². The quantitative estimate of drug-likeness (QED) is 0.664. The molecular formula is C21H23N5O. The number of H-pyrrole nitrogens is 1. The second kappa shape index (κ2) is 7.72. The molecule has 138 valence electrons. The molecule has 27 heavy (non-hydrogen) atoms. The first-order valence-corrected chi connectivity index (χ1v) is 9.31. The Morgan fingerprint density at radius 2 is 1.85 bits per heavy atom. The van der Waals surface area contributed by atoms with Crippen molar-refractivity contribution in [3.05, 3.63) is 54.6 Å². The van der Waals surface area contributed by atoms with Gasteiger partial charge in [-0.2, -0.15) is 5.10 Å². The Bertz CT molecular complexity index is 904. The van der Waals surface area contributed by atoms with Crippen LogP contribution in [0.1, 0.15) is 19.8 Å².